The highest BCUT2D eigenvalue weighted by Crippen LogP contribution is 2.46. The molecule has 1 aromatic rings. The van der Waals surface area contributed by atoms with Crippen LogP contribution < -0.4 is 4.90 Å². The van der Waals surface area contributed by atoms with Crippen LogP contribution in [0.4, 0.5) is 5.82 Å². The number of hydrogen-bond donors (Lipinski definition) is 0. The largest absolute Gasteiger partial charge is 0.381 e. The van der Waals surface area contributed by atoms with Crippen molar-refractivity contribution < 1.29 is 14.3 Å². The molecule has 7 heteroatoms. The highest BCUT2D eigenvalue weighted by molar-refractivity contribution is 9.09. The minimum Gasteiger partial charge on any atom is -0.381 e. The van der Waals surface area contributed by atoms with Gasteiger partial charge in [0.25, 0.3) is 0 Å². The van der Waals surface area contributed by atoms with E-state index >= 15 is 0 Å². The molecule has 0 spiro atoms. The van der Waals surface area contributed by atoms with Crippen molar-refractivity contribution in [3.63, 3.8) is 0 Å². The first-order valence-corrected chi connectivity index (χ1v) is 10.1. The summed E-state index contributed by atoms with van der Waals surface area (Å²) in [4.78, 5) is 20.4. The molecule has 1 saturated carbocycles. The Bertz CT molecular complexity index is 710. The minimum absolute atomic E-state index is 0.0859. The van der Waals surface area contributed by atoms with E-state index in [2.05, 4.69) is 45.1 Å². The number of carbonyl (C=O) groups excluding carboxylic acids is 1. The van der Waals surface area contributed by atoms with E-state index in [0.29, 0.717) is 0 Å². The number of ether oxygens (including phenoxy) is 2. The maximum absolute atomic E-state index is 11.6. The van der Waals surface area contributed by atoms with Gasteiger partial charge in [-0.1, -0.05) is 15.9 Å². The highest BCUT2D eigenvalue weighted by atomic mass is 79.9. The van der Waals surface area contributed by atoms with Gasteiger partial charge in [0.2, 0.25) is 0 Å². The second-order valence-corrected chi connectivity index (χ2v) is 8.41. The zero-order chi connectivity index (χ0) is 19.7. The maximum atomic E-state index is 11.6. The van der Waals surface area contributed by atoms with E-state index in [1.54, 1.807) is 14.2 Å². The standard InChI is InChI=1S/C20H28BrN3O3/c1-23(2)19-8-13-14(9-22-19)20(21)24(3)10-15(13)12-6-17(26-4)16(11-25)18(7-12)27-5/h8-12,16-18,20H,6-7H2,1-5H3. The summed E-state index contributed by atoms with van der Waals surface area (Å²) in [7, 11) is 9.40. The number of rotatable bonds is 5. The number of anilines is 1. The van der Waals surface area contributed by atoms with Gasteiger partial charge in [0.1, 0.15) is 17.1 Å². The lowest BCUT2D eigenvalue weighted by Crippen LogP contribution is -2.43. The van der Waals surface area contributed by atoms with Gasteiger partial charge in [-0.05, 0) is 36.0 Å². The van der Waals surface area contributed by atoms with E-state index in [1.807, 2.05) is 25.2 Å². The molecule has 1 aliphatic carbocycles. The van der Waals surface area contributed by atoms with Crippen molar-refractivity contribution in [1.82, 2.24) is 9.88 Å². The van der Waals surface area contributed by atoms with Crippen molar-refractivity contribution in [2.75, 3.05) is 40.3 Å². The molecular formula is C20H28BrN3O3. The van der Waals surface area contributed by atoms with Crippen LogP contribution in [0.3, 0.4) is 0 Å². The molecule has 2 aliphatic rings. The average Bonchev–Trinajstić information content (AvgIpc) is 2.68. The van der Waals surface area contributed by atoms with Crippen LogP contribution in [-0.2, 0) is 14.3 Å². The molecule has 1 aliphatic heterocycles. The van der Waals surface area contributed by atoms with E-state index in [0.717, 1.165) is 30.5 Å². The summed E-state index contributed by atoms with van der Waals surface area (Å²) < 4.78 is 11.3. The number of fused-ring (bicyclic) bond motifs is 1. The molecular weight excluding hydrogens is 410 g/mol. The number of aromatic nitrogens is 1. The average molecular weight is 438 g/mol. The molecule has 0 saturated heterocycles. The maximum Gasteiger partial charge on any atom is 0.128 e. The van der Waals surface area contributed by atoms with Crippen molar-refractivity contribution in [3.05, 3.63) is 29.6 Å². The summed E-state index contributed by atoms with van der Waals surface area (Å²) >= 11 is 3.77. The van der Waals surface area contributed by atoms with Gasteiger partial charge in [-0.15, -0.1) is 0 Å². The molecule has 0 bridgehead atoms. The zero-order valence-electron chi connectivity index (χ0n) is 16.6. The topological polar surface area (TPSA) is 54.9 Å². The molecule has 1 aromatic heterocycles. The van der Waals surface area contributed by atoms with Crippen molar-refractivity contribution in [1.29, 1.82) is 0 Å². The van der Waals surface area contributed by atoms with E-state index in [-0.39, 0.29) is 29.0 Å². The van der Waals surface area contributed by atoms with E-state index < -0.39 is 0 Å². The number of methoxy groups -OCH3 is 2. The predicted octanol–water partition coefficient (Wildman–Crippen LogP) is 3.08. The van der Waals surface area contributed by atoms with Gasteiger partial charge < -0.3 is 24.1 Å². The third-order valence-corrected chi connectivity index (χ3v) is 6.88. The number of alkyl halides is 1. The highest BCUT2D eigenvalue weighted by Gasteiger charge is 2.41. The molecule has 6 nitrogen and oxygen atoms in total. The number of hydrogen-bond acceptors (Lipinski definition) is 6. The molecule has 3 unspecified atom stereocenters. The number of allylic oxidation sites excluding steroid dienone is 1. The van der Waals surface area contributed by atoms with Gasteiger partial charge in [-0.25, -0.2) is 4.98 Å². The SMILES string of the molecule is COC1CC(C2=CN(C)C(Br)c3cnc(N(C)C)cc32)CC(OC)C1C=O. The van der Waals surface area contributed by atoms with Crippen LogP contribution in [0.5, 0.6) is 0 Å². The lowest BCUT2D eigenvalue weighted by atomic mass is 9.73. The Morgan fingerprint density at radius 3 is 2.41 bits per heavy atom. The van der Waals surface area contributed by atoms with Gasteiger partial charge in [-0.3, -0.25) is 0 Å². The molecule has 0 amide bonds. The summed E-state index contributed by atoms with van der Waals surface area (Å²) in [5.41, 5.74) is 3.61. The molecule has 0 radical (unpaired) electrons. The summed E-state index contributed by atoms with van der Waals surface area (Å²) in [6.45, 7) is 0. The molecule has 1 fully saturated rings. The van der Waals surface area contributed by atoms with Gasteiger partial charge in [0.15, 0.2) is 0 Å². The van der Waals surface area contributed by atoms with Gasteiger partial charge in [0, 0.05) is 53.3 Å². The second kappa shape index (κ2) is 8.29. The number of nitrogens with zero attached hydrogens (tertiary/aromatic N) is 3. The Morgan fingerprint density at radius 1 is 1.26 bits per heavy atom. The molecule has 0 N–H and O–H groups in total. The van der Waals surface area contributed by atoms with Gasteiger partial charge in [0.05, 0.1) is 18.1 Å². The van der Waals surface area contributed by atoms with E-state index in [9.17, 15) is 4.79 Å². The van der Waals surface area contributed by atoms with Gasteiger partial charge in [-0.2, -0.15) is 0 Å². The normalized spacial score (nSPS) is 30.5. The first kappa shape index (κ1) is 20.3. The van der Waals surface area contributed by atoms with Crippen LogP contribution in [-0.4, -0.2) is 63.7 Å². The lowest BCUT2D eigenvalue weighted by Gasteiger charge is -2.41. The fraction of sp³-hybridized carbons (Fsp3) is 0.600. The van der Waals surface area contributed by atoms with Crippen molar-refractivity contribution in [2.24, 2.45) is 11.8 Å². The van der Waals surface area contributed by atoms with E-state index in [1.165, 1.54) is 11.1 Å². The number of aldehydes is 1. The second-order valence-electron chi connectivity index (χ2n) is 7.54. The summed E-state index contributed by atoms with van der Waals surface area (Å²) in [6, 6.07) is 2.15. The van der Waals surface area contributed by atoms with Gasteiger partial charge >= 0.3 is 0 Å². The van der Waals surface area contributed by atoms with Crippen LogP contribution >= 0.6 is 15.9 Å². The predicted molar refractivity (Wildman–Crippen MR) is 110 cm³/mol. The van der Waals surface area contributed by atoms with Crippen LogP contribution in [0.2, 0.25) is 0 Å². The Balaban J connectivity index is 2.02. The molecule has 148 valence electrons. The zero-order valence-corrected chi connectivity index (χ0v) is 18.1. The van der Waals surface area contributed by atoms with Crippen molar-refractivity contribution >= 4 is 33.6 Å². The van der Waals surface area contributed by atoms with Crippen LogP contribution in [0.1, 0.15) is 28.9 Å². The Kier molecular flexibility index (Phi) is 6.23. The smallest absolute Gasteiger partial charge is 0.128 e. The Morgan fingerprint density at radius 2 is 1.89 bits per heavy atom. The monoisotopic (exact) mass is 437 g/mol. The third kappa shape index (κ3) is 3.77. The summed E-state index contributed by atoms with van der Waals surface area (Å²) in [5, 5.41) is 0. The van der Waals surface area contributed by atoms with Crippen LogP contribution in [0.15, 0.2) is 18.5 Å². The molecule has 2 heterocycles. The number of carbonyl (C=O) groups is 1. The van der Waals surface area contributed by atoms with Crippen LogP contribution in [0.25, 0.3) is 5.57 Å². The van der Waals surface area contributed by atoms with E-state index in [4.69, 9.17) is 9.47 Å². The Hall–Kier alpha value is -1.44. The molecule has 3 atom stereocenters. The fourth-order valence-corrected chi connectivity index (χ4v) is 4.67. The van der Waals surface area contributed by atoms with Crippen molar-refractivity contribution in [3.8, 4) is 0 Å². The quantitative estimate of drug-likeness (QED) is 0.400. The third-order valence-electron chi connectivity index (χ3n) is 5.74. The minimum atomic E-state index is -0.226. The lowest BCUT2D eigenvalue weighted by molar-refractivity contribution is -0.128. The summed E-state index contributed by atoms with van der Waals surface area (Å²) in [6.07, 6.45) is 6.45. The summed E-state index contributed by atoms with van der Waals surface area (Å²) in [5.74, 6) is 0.947. The molecule has 3 rings (SSSR count). The fourth-order valence-electron chi connectivity index (χ4n) is 4.19. The number of pyridine rings is 1. The number of halogens is 1. The molecule has 0 aromatic carbocycles. The van der Waals surface area contributed by atoms with Crippen molar-refractivity contribution in [2.45, 2.75) is 30.0 Å². The molecule has 27 heavy (non-hydrogen) atoms. The first-order chi connectivity index (χ1) is 12.9. The first-order valence-electron chi connectivity index (χ1n) is 9.17. The Labute approximate surface area is 169 Å². The van der Waals surface area contributed by atoms with Crippen LogP contribution in [0, 0.1) is 11.8 Å².